The Kier molecular flexibility index (Phi) is 2.27. The van der Waals surface area contributed by atoms with E-state index in [-0.39, 0.29) is 12.2 Å². The van der Waals surface area contributed by atoms with E-state index in [4.69, 9.17) is 5.11 Å². The Bertz CT molecular complexity index is 338. The highest BCUT2D eigenvalue weighted by Crippen LogP contribution is 1.79. The van der Waals surface area contributed by atoms with Gasteiger partial charge in [-0.2, -0.15) is 5.10 Å². The summed E-state index contributed by atoms with van der Waals surface area (Å²) in [5.74, 6) is -1.07. The Hall–Kier alpha value is -1.59. The molecule has 6 heteroatoms. The Morgan fingerprint density at radius 2 is 2.42 bits per heavy atom. The van der Waals surface area contributed by atoms with E-state index in [9.17, 15) is 9.59 Å². The van der Waals surface area contributed by atoms with Gasteiger partial charge in [-0.05, 0) is 6.92 Å². The predicted octanol–water partition coefficient (Wildman–Crippen LogP) is -0.851. The van der Waals surface area contributed by atoms with Crippen molar-refractivity contribution in [3.05, 3.63) is 16.8 Å². The first-order chi connectivity index (χ1) is 5.65. The van der Waals surface area contributed by atoms with Crippen LogP contribution in [0.3, 0.4) is 0 Å². The lowest BCUT2D eigenvalue weighted by atomic mass is 10.7. The van der Waals surface area contributed by atoms with Gasteiger partial charge in [-0.1, -0.05) is 0 Å². The molecule has 66 valence electrons. The monoisotopic (exact) mass is 171 g/mol. The molecule has 0 bridgehead atoms. The number of carboxylic acid groups (broad SMARTS) is 1. The summed E-state index contributed by atoms with van der Waals surface area (Å²) in [6.45, 7) is 1.90. The predicted molar refractivity (Wildman–Crippen MR) is 39.8 cm³/mol. The fraction of sp³-hybridized carbons (Fsp3) is 0.500. The summed E-state index contributed by atoms with van der Waals surface area (Å²) in [4.78, 5) is 21.3. The zero-order valence-corrected chi connectivity index (χ0v) is 6.60. The Morgan fingerprint density at radius 1 is 1.75 bits per heavy atom. The van der Waals surface area contributed by atoms with Crippen molar-refractivity contribution in [2.24, 2.45) is 0 Å². The van der Waals surface area contributed by atoms with Gasteiger partial charge in [-0.15, -0.1) is 0 Å². The average Bonchev–Trinajstić information content (AvgIpc) is 2.32. The van der Waals surface area contributed by atoms with Crippen LogP contribution in [0, 0.1) is 0 Å². The summed E-state index contributed by atoms with van der Waals surface area (Å²) < 4.78 is 2.24. The van der Waals surface area contributed by atoms with E-state index in [0.29, 0.717) is 6.54 Å². The summed E-state index contributed by atoms with van der Waals surface area (Å²) in [7, 11) is 0. The third-order valence-corrected chi connectivity index (χ3v) is 1.42. The van der Waals surface area contributed by atoms with Crippen molar-refractivity contribution in [3.8, 4) is 0 Å². The Balaban J connectivity index is 2.95. The summed E-state index contributed by atoms with van der Waals surface area (Å²) in [5, 5.41) is 12.0. The Labute approximate surface area is 68.0 Å². The molecular formula is C6H9N3O3. The second-order valence-electron chi connectivity index (χ2n) is 2.25. The molecule has 0 radical (unpaired) electrons. The van der Waals surface area contributed by atoms with Crippen molar-refractivity contribution < 1.29 is 9.90 Å². The van der Waals surface area contributed by atoms with Gasteiger partial charge >= 0.3 is 11.7 Å². The van der Waals surface area contributed by atoms with Crippen LogP contribution in [0.15, 0.2) is 11.1 Å². The van der Waals surface area contributed by atoms with Crippen LogP contribution in [0.5, 0.6) is 0 Å². The number of carbonyl (C=O) groups is 1. The van der Waals surface area contributed by atoms with Crippen molar-refractivity contribution >= 4 is 5.97 Å². The minimum atomic E-state index is -1.07. The highest BCUT2D eigenvalue weighted by molar-refractivity contribution is 5.66. The maximum absolute atomic E-state index is 11.1. The van der Waals surface area contributed by atoms with E-state index in [0.717, 1.165) is 4.68 Å². The molecule has 12 heavy (non-hydrogen) atoms. The van der Waals surface area contributed by atoms with Gasteiger partial charge in [0.15, 0.2) is 0 Å². The number of nitrogens with zero attached hydrogens (tertiary/aromatic N) is 3. The Morgan fingerprint density at radius 3 is 2.83 bits per heavy atom. The molecule has 0 saturated carbocycles. The summed E-state index contributed by atoms with van der Waals surface area (Å²) in [6.07, 6.45) is 1.32. The molecule has 0 fully saturated rings. The standard InChI is InChI=1S/C6H9N3O3/c1-2-8-4-7-9(6(8)12)3-5(10)11/h4H,2-3H2,1H3,(H,10,11). The smallest absolute Gasteiger partial charge is 0.346 e. The van der Waals surface area contributed by atoms with Crippen molar-refractivity contribution in [1.82, 2.24) is 14.3 Å². The van der Waals surface area contributed by atoms with Gasteiger partial charge in [0.1, 0.15) is 12.9 Å². The van der Waals surface area contributed by atoms with Gasteiger partial charge < -0.3 is 5.11 Å². The quantitative estimate of drug-likeness (QED) is 0.642. The highest BCUT2D eigenvalue weighted by atomic mass is 16.4. The molecule has 0 atom stereocenters. The van der Waals surface area contributed by atoms with Crippen LogP contribution >= 0.6 is 0 Å². The van der Waals surface area contributed by atoms with Gasteiger partial charge in [0.25, 0.3) is 0 Å². The molecule has 0 spiro atoms. The summed E-state index contributed by atoms with van der Waals surface area (Å²) in [6, 6.07) is 0. The van der Waals surface area contributed by atoms with Gasteiger partial charge in [0, 0.05) is 6.54 Å². The second kappa shape index (κ2) is 3.21. The largest absolute Gasteiger partial charge is 0.480 e. The van der Waals surface area contributed by atoms with Crippen LogP contribution in [-0.4, -0.2) is 25.4 Å². The van der Waals surface area contributed by atoms with Gasteiger partial charge in [0.05, 0.1) is 0 Å². The topological polar surface area (TPSA) is 77.1 Å². The molecule has 6 nitrogen and oxygen atoms in total. The van der Waals surface area contributed by atoms with E-state index in [1.165, 1.54) is 10.9 Å². The maximum Gasteiger partial charge on any atom is 0.346 e. The summed E-state index contributed by atoms with van der Waals surface area (Å²) in [5.41, 5.74) is -0.389. The number of aryl methyl sites for hydroxylation is 1. The van der Waals surface area contributed by atoms with E-state index in [1.807, 2.05) is 0 Å². The van der Waals surface area contributed by atoms with E-state index in [2.05, 4.69) is 5.10 Å². The second-order valence-corrected chi connectivity index (χ2v) is 2.25. The fourth-order valence-electron chi connectivity index (χ4n) is 0.825. The van der Waals surface area contributed by atoms with Crippen molar-refractivity contribution in [2.45, 2.75) is 20.0 Å². The third kappa shape index (κ3) is 1.52. The van der Waals surface area contributed by atoms with Crippen LogP contribution in [-0.2, 0) is 17.9 Å². The number of carboxylic acids is 1. The number of aromatic nitrogens is 3. The number of hydrogen-bond donors (Lipinski definition) is 1. The van der Waals surface area contributed by atoms with Gasteiger partial charge in [0.2, 0.25) is 0 Å². The van der Waals surface area contributed by atoms with Crippen LogP contribution < -0.4 is 5.69 Å². The van der Waals surface area contributed by atoms with E-state index in [1.54, 1.807) is 6.92 Å². The lowest BCUT2D eigenvalue weighted by Gasteiger charge is -1.92. The molecule has 1 rings (SSSR count). The molecule has 0 amide bonds. The lowest BCUT2D eigenvalue weighted by molar-refractivity contribution is -0.137. The normalized spacial score (nSPS) is 10.1. The molecule has 1 heterocycles. The molecule has 0 aliphatic rings. The third-order valence-electron chi connectivity index (χ3n) is 1.42. The van der Waals surface area contributed by atoms with E-state index >= 15 is 0 Å². The molecule has 0 aliphatic heterocycles. The van der Waals surface area contributed by atoms with Gasteiger partial charge in [-0.25, -0.2) is 9.48 Å². The van der Waals surface area contributed by atoms with Crippen molar-refractivity contribution in [2.75, 3.05) is 0 Å². The van der Waals surface area contributed by atoms with Gasteiger partial charge in [-0.3, -0.25) is 9.36 Å². The first kappa shape index (κ1) is 8.51. The summed E-state index contributed by atoms with van der Waals surface area (Å²) >= 11 is 0. The maximum atomic E-state index is 11.1. The van der Waals surface area contributed by atoms with Crippen LogP contribution in [0.25, 0.3) is 0 Å². The minimum absolute atomic E-state index is 0.383. The average molecular weight is 171 g/mol. The highest BCUT2D eigenvalue weighted by Gasteiger charge is 2.05. The SMILES string of the molecule is CCn1cnn(CC(=O)O)c1=O. The fourth-order valence-corrected chi connectivity index (χ4v) is 0.825. The molecule has 1 aromatic heterocycles. The number of rotatable bonds is 3. The molecule has 1 aromatic rings. The van der Waals surface area contributed by atoms with E-state index < -0.39 is 5.97 Å². The zero-order valence-electron chi connectivity index (χ0n) is 6.60. The van der Waals surface area contributed by atoms with Crippen LogP contribution in [0.2, 0.25) is 0 Å². The number of hydrogen-bond acceptors (Lipinski definition) is 3. The molecule has 0 aliphatic carbocycles. The van der Waals surface area contributed by atoms with Crippen LogP contribution in [0.4, 0.5) is 0 Å². The molecule has 0 unspecified atom stereocenters. The molecule has 0 saturated heterocycles. The number of aliphatic carboxylic acids is 1. The van der Waals surface area contributed by atoms with Crippen molar-refractivity contribution in [1.29, 1.82) is 0 Å². The lowest BCUT2D eigenvalue weighted by Crippen LogP contribution is -2.27. The van der Waals surface area contributed by atoms with Crippen LogP contribution in [0.1, 0.15) is 6.92 Å². The van der Waals surface area contributed by atoms with Crippen molar-refractivity contribution in [3.63, 3.8) is 0 Å². The minimum Gasteiger partial charge on any atom is -0.480 e. The molecule has 0 aromatic carbocycles. The molecular weight excluding hydrogens is 162 g/mol. The zero-order chi connectivity index (χ0) is 9.14. The molecule has 1 N–H and O–H groups in total. The first-order valence-electron chi connectivity index (χ1n) is 3.49. The first-order valence-corrected chi connectivity index (χ1v) is 3.49.